The van der Waals surface area contributed by atoms with Gasteiger partial charge < -0.3 is 4.90 Å². The van der Waals surface area contributed by atoms with Crippen LogP contribution in [0.3, 0.4) is 0 Å². The van der Waals surface area contributed by atoms with Crippen LogP contribution in [-0.2, 0) is 0 Å². The minimum atomic E-state index is 0.834. The van der Waals surface area contributed by atoms with Crippen molar-refractivity contribution in [3.05, 3.63) is 34.0 Å². The highest BCUT2D eigenvalue weighted by Crippen LogP contribution is 2.14. The minimum Gasteiger partial charge on any atom is -0.341 e. The van der Waals surface area contributed by atoms with Crippen molar-refractivity contribution in [1.82, 2.24) is 9.97 Å². The molecule has 21 heavy (non-hydrogen) atoms. The number of hydrogen-bond donors (Lipinski definition) is 0. The van der Waals surface area contributed by atoms with Crippen molar-refractivity contribution in [3.8, 4) is 11.8 Å². The van der Waals surface area contributed by atoms with Crippen molar-refractivity contribution in [1.29, 1.82) is 0 Å². The quantitative estimate of drug-likeness (QED) is 0.760. The first-order valence-corrected chi connectivity index (χ1v) is 8.26. The lowest BCUT2D eigenvalue weighted by atomic mass is 10.2. The van der Waals surface area contributed by atoms with Crippen LogP contribution in [0, 0.1) is 18.8 Å². The Bertz CT molecular complexity index is 643. The maximum atomic E-state index is 4.47. The molecule has 3 heterocycles. The van der Waals surface area contributed by atoms with Crippen LogP contribution in [0.1, 0.15) is 41.9 Å². The van der Waals surface area contributed by atoms with Crippen molar-refractivity contribution in [2.45, 2.75) is 32.6 Å². The molecule has 0 spiro atoms. The van der Waals surface area contributed by atoms with Gasteiger partial charge in [-0.2, -0.15) is 4.98 Å². The molecule has 0 saturated carbocycles. The summed E-state index contributed by atoms with van der Waals surface area (Å²) in [5.74, 6) is 7.03. The van der Waals surface area contributed by atoms with Gasteiger partial charge in [0, 0.05) is 38.3 Å². The van der Waals surface area contributed by atoms with Crippen LogP contribution >= 0.6 is 11.3 Å². The first kappa shape index (κ1) is 14.0. The Morgan fingerprint density at radius 2 is 1.81 bits per heavy atom. The third-order valence-corrected chi connectivity index (χ3v) is 4.34. The highest BCUT2D eigenvalue weighted by molar-refractivity contribution is 7.09. The van der Waals surface area contributed by atoms with E-state index in [1.165, 1.54) is 25.7 Å². The summed E-state index contributed by atoms with van der Waals surface area (Å²) in [4.78, 5) is 14.4. The van der Waals surface area contributed by atoms with Crippen LogP contribution in [0.15, 0.2) is 17.8 Å². The van der Waals surface area contributed by atoms with E-state index in [-0.39, 0.29) is 0 Å². The van der Waals surface area contributed by atoms with Gasteiger partial charge in [-0.1, -0.05) is 30.1 Å². The van der Waals surface area contributed by atoms with Crippen LogP contribution in [0.2, 0.25) is 0 Å². The lowest BCUT2D eigenvalue weighted by Crippen LogP contribution is -2.25. The number of rotatable bonds is 1. The van der Waals surface area contributed by atoms with Gasteiger partial charge in [-0.15, -0.1) is 0 Å². The van der Waals surface area contributed by atoms with Crippen LogP contribution in [0.5, 0.6) is 0 Å². The van der Waals surface area contributed by atoms with E-state index in [2.05, 4.69) is 31.7 Å². The monoisotopic (exact) mass is 299 g/mol. The Morgan fingerprint density at radius 3 is 2.43 bits per heavy atom. The molecular formula is C16H19N4S+. The zero-order valence-electron chi connectivity index (χ0n) is 12.2. The molecule has 2 aromatic rings. The SMILES string of the molecule is Cc1[nH+]c(C#Cc2cnc(N3CCCCCC3)nc2)cs1. The predicted octanol–water partition coefficient (Wildman–Crippen LogP) is 2.44. The Balaban J connectivity index is 1.70. The highest BCUT2D eigenvalue weighted by atomic mass is 32.1. The van der Waals surface area contributed by atoms with Gasteiger partial charge in [-0.25, -0.2) is 9.97 Å². The average Bonchev–Trinajstić information content (AvgIpc) is 2.76. The van der Waals surface area contributed by atoms with Crippen molar-refractivity contribution in [2.75, 3.05) is 18.0 Å². The summed E-state index contributed by atoms with van der Waals surface area (Å²) < 4.78 is 0. The summed E-state index contributed by atoms with van der Waals surface area (Å²) >= 11 is 1.67. The second-order valence-electron chi connectivity index (χ2n) is 5.25. The second kappa shape index (κ2) is 6.68. The molecule has 1 aliphatic rings. The maximum Gasteiger partial charge on any atom is 0.266 e. The summed E-state index contributed by atoms with van der Waals surface area (Å²) in [6.45, 7) is 4.16. The number of thiazole rings is 1. The first-order chi connectivity index (χ1) is 10.3. The molecule has 4 nitrogen and oxygen atoms in total. The summed E-state index contributed by atoms with van der Waals surface area (Å²) in [6.07, 6.45) is 8.74. The van der Waals surface area contributed by atoms with Crippen molar-refractivity contribution in [3.63, 3.8) is 0 Å². The normalized spacial score (nSPS) is 15.2. The zero-order valence-corrected chi connectivity index (χ0v) is 13.0. The van der Waals surface area contributed by atoms with Crippen LogP contribution in [-0.4, -0.2) is 23.1 Å². The second-order valence-corrected chi connectivity index (χ2v) is 6.34. The van der Waals surface area contributed by atoms with E-state index in [0.717, 1.165) is 35.3 Å². The standard InChI is InChI=1S/C16H18N4S/c1-13-19-15(12-21-13)7-6-14-10-17-16(18-11-14)20-8-4-2-3-5-9-20/h10-12H,2-5,8-9H2,1H3/p+1. The number of aryl methyl sites for hydroxylation is 1. The molecule has 3 rings (SSSR count). The summed E-state index contributed by atoms with van der Waals surface area (Å²) in [5.41, 5.74) is 1.79. The number of nitrogens with one attached hydrogen (secondary N) is 1. The van der Waals surface area contributed by atoms with Gasteiger partial charge in [0.05, 0.1) is 10.9 Å². The van der Waals surface area contributed by atoms with Gasteiger partial charge >= 0.3 is 0 Å². The average molecular weight is 299 g/mol. The van der Waals surface area contributed by atoms with Gasteiger partial charge in [0.2, 0.25) is 11.0 Å². The van der Waals surface area contributed by atoms with Gasteiger partial charge in [0.1, 0.15) is 0 Å². The van der Waals surface area contributed by atoms with E-state index >= 15 is 0 Å². The number of aromatic amines is 1. The van der Waals surface area contributed by atoms with E-state index < -0.39 is 0 Å². The fourth-order valence-corrected chi connectivity index (χ4v) is 3.00. The fourth-order valence-electron chi connectivity index (χ4n) is 2.42. The third kappa shape index (κ3) is 3.79. The van der Waals surface area contributed by atoms with E-state index in [1.54, 1.807) is 11.3 Å². The van der Waals surface area contributed by atoms with E-state index in [0.29, 0.717) is 0 Å². The van der Waals surface area contributed by atoms with Crippen LogP contribution in [0.25, 0.3) is 0 Å². The van der Waals surface area contributed by atoms with Crippen molar-refractivity contribution >= 4 is 17.3 Å². The molecule has 2 aromatic heterocycles. The van der Waals surface area contributed by atoms with Crippen molar-refractivity contribution in [2.24, 2.45) is 0 Å². The molecule has 0 bridgehead atoms. The van der Waals surface area contributed by atoms with Gasteiger partial charge in [0.15, 0.2) is 0 Å². The molecule has 0 atom stereocenters. The Labute approximate surface area is 129 Å². The predicted molar refractivity (Wildman–Crippen MR) is 84.3 cm³/mol. The molecule has 1 fully saturated rings. The Morgan fingerprint density at radius 1 is 1.10 bits per heavy atom. The number of anilines is 1. The lowest BCUT2D eigenvalue weighted by Gasteiger charge is -2.19. The Kier molecular flexibility index (Phi) is 4.46. The molecule has 1 N–H and O–H groups in total. The summed E-state index contributed by atoms with van der Waals surface area (Å²) in [6, 6.07) is 0. The molecule has 0 aliphatic carbocycles. The maximum absolute atomic E-state index is 4.47. The molecule has 1 aliphatic heterocycles. The molecule has 0 unspecified atom stereocenters. The number of aromatic nitrogens is 3. The topological polar surface area (TPSA) is 43.2 Å². The van der Waals surface area contributed by atoms with E-state index in [4.69, 9.17) is 0 Å². The van der Waals surface area contributed by atoms with E-state index in [9.17, 15) is 0 Å². The number of H-pyrrole nitrogens is 1. The minimum absolute atomic E-state index is 0.834. The molecule has 108 valence electrons. The molecular weight excluding hydrogens is 280 g/mol. The van der Waals surface area contributed by atoms with Gasteiger partial charge in [-0.3, -0.25) is 0 Å². The molecule has 5 heteroatoms. The summed E-state index contributed by atoms with van der Waals surface area (Å²) in [7, 11) is 0. The van der Waals surface area contributed by atoms with Crippen molar-refractivity contribution < 1.29 is 4.98 Å². The first-order valence-electron chi connectivity index (χ1n) is 7.38. The zero-order chi connectivity index (χ0) is 14.5. The molecule has 1 saturated heterocycles. The van der Waals surface area contributed by atoms with Gasteiger partial charge in [0.25, 0.3) is 5.69 Å². The summed E-state index contributed by atoms with van der Waals surface area (Å²) in [5, 5.41) is 3.18. The number of hydrogen-bond acceptors (Lipinski definition) is 4. The Hall–Kier alpha value is -1.93. The highest BCUT2D eigenvalue weighted by Gasteiger charge is 2.11. The number of nitrogens with zero attached hydrogens (tertiary/aromatic N) is 3. The molecule has 0 amide bonds. The molecule has 0 aromatic carbocycles. The van der Waals surface area contributed by atoms with Crippen LogP contribution < -0.4 is 9.88 Å². The molecule has 0 radical (unpaired) electrons. The van der Waals surface area contributed by atoms with E-state index in [1.807, 2.05) is 24.7 Å². The smallest absolute Gasteiger partial charge is 0.266 e. The lowest BCUT2D eigenvalue weighted by molar-refractivity contribution is -0.383. The van der Waals surface area contributed by atoms with Gasteiger partial charge in [-0.05, 0) is 12.8 Å². The fraction of sp³-hybridized carbons (Fsp3) is 0.438. The largest absolute Gasteiger partial charge is 0.341 e. The van der Waals surface area contributed by atoms with Crippen LogP contribution in [0.4, 0.5) is 5.95 Å². The third-order valence-electron chi connectivity index (χ3n) is 3.53.